The van der Waals surface area contributed by atoms with Crippen LogP contribution in [-0.4, -0.2) is 40.2 Å². The molecule has 94 valence electrons. The highest BCUT2D eigenvalue weighted by atomic mass is 127. The number of aromatic hydroxyl groups is 1. The van der Waals surface area contributed by atoms with Crippen molar-refractivity contribution in [2.24, 2.45) is 0 Å². The topological polar surface area (TPSA) is 60.8 Å². The van der Waals surface area contributed by atoms with Gasteiger partial charge < -0.3 is 15.1 Å². The van der Waals surface area contributed by atoms with Gasteiger partial charge in [-0.2, -0.15) is 0 Å². The van der Waals surface area contributed by atoms with Gasteiger partial charge in [0, 0.05) is 17.2 Å². The van der Waals surface area contributed by atoms with Gasteiger partial charge in [-0.05, 0) is 54.6 Å². The van der Waals surface area contributed by atoms with Gasteiger partial charge in [-0.15, -0.1) is 0 Å². The summed E-state index contributed by atoms with van der Waals surface area (Å²) in [7, 11) is 1.60. The minimum atomic E-state index is -0.956. The van der Waals surface area contributed by atoms with Crippen molar-refractivity contribution in [1.82, 2.24) is 4.90 Å². The first-order valence-corrected chi connectivity index (χ1v) is 6.25. The standard InChI is InChI=1S/C12H16INO3/c1-12(2,17)7-14(3)11(16)9-6-8(13)4-5-10(9)15/h4-6,15,17H,7H2,1-3H3. The van der Waals surface area contributed by atoms with E-state index in [-0.39, 0.29) is 23.8 Å². The summed E-state index contributed by atoms with van der Waals surface area (Å²) in [6, 6.07) is 4.84. The maximum Gasteiger partial charge on any atom is 0.257 e. The molecule has 4 nitrogen and oxygen atoms in total. The lowest BCUT2D eigenvalue weighted by Crippen LogP contribution is -2.39. The summed E-state index contributed by atoms with van der Waals surface area (Å²) in [5.41, 5.74) is -0.703. The first-order valence-electron chi connectivity index (χ1n) is 5.17. The van der Waals surface area contributed by atoms with Crippen LogP contribution >= 0.6 is 22.6 Å². The summed E-state index contributed by atoms with van der Waals surface area (Å²) in [4.78, 5) is 13.4. The molecule has 0 radical (unpaired) electrons. The van der Waals surface area contributed by atoms with Crippen molar-refractivity contribution in [2.75, 3.05) is 13.6 Å². The summed E-state index contributed by atoms with van der Waals surface area (Å²) >= 11 is 2.08. The van der Waals surface area contributed by atoms with E-state index in [0.29, 0.717) is 0 Å². The third-order valence-corrected chi connectivity index (χ3v) is 2.83. The van der Waals surface area contributed by atoms with Gasteiger partial charge in [-0.1, -0.05) is 0 Å². The molecule has 0 heterocycles. The van der Waals surface area contributed by atoms with Gasteiger partial charge in [0.2, 0.25) is 0 Å². The zero-order chi connectivity index (χ0) is 13.2. The van der Waals surface area contributed by atoms with Crippen LogP contribution in [0.5, 0.6) is 5.75 Å². The molecule has 0 aromatic heterocycles. The van der Waals surface area contributed by atoms with Crippen molar-refractivity contribution in [3.05, 3.63) is 27.3 Å². The number of phenols is 1. The van der Waals surface area contributed by atoms with Crippen LogP contribution in [0.25, 0.3) is 0 Å². The van der Waals surface area contributed by atoms with E-state index in [9.17, 15) is 15.0 Å². The second kappa shape index (κ2) is 5.22. The lowest BCUT2D eigenvalue weighted by Gasteiger charge is -2.25. The van der Waals surface area contributed by atoms with Crippen LogP contribution in [-0.2, 0) is 0 Å². The zero-order valence-electron chi connectivity index (χ0n) is 10.1. The minimum absolute atomic E-state index is 0.0435. The fraction of sp³-hybridized carbons (Fsp3) is 0.417. The lowest BCUT2D eigenvalue weighted by atomic mass is 10.1. The summed E-state index contributed by atoms with van der Waals surface area (Å²) in [6.45, 7) is 3.47. The maximum atomic E-state index is 12.0. The molecule has 2 N–H and O–H groups in total. The van der Waals surface area contributed by atoms with Crippen LogP contribution in [0.2, 0.25) is 0 Å². The van der Waals surface area contributed by atoms with Crippen molar-refractivity contribution in [3.63, 3.8) is 0 Å². The molecule has 0 aliphatic rings. The molecule has 0 unspecified atom stereocenters. The van der Waals surface area contributed by atoms with E-state index in [1.54, 1.807) is 33.0 Å². The molecule has 1 aromatic carbocycles. The molecule has 1 aromatic rings. The number of hydrogen-bond donors (Lipinski definition) is 2. The number of rotatable bonds is 3. The number of likely N-dealkylation sites (N-methyl/N-ethyl adjacent to an activating group) is 1. The molecular weight excluding hydrogens is 333 g/mol. The Morgan fingerprint density at radius 3 is 2.59 bits per heavy atom. The van der Waals surface area contributed by atoms with E-state index in [1.165, 1.54) is 11.0 Å². The molecule has 0 atom stereocenters. The molecule has 0 bridgehead atoms. The fourth-order valence-corrected chi connectivity index (χ4v) is 2.03. The number of halogens is 1. The van der Waals surface area contributed by atoms with Crippen molar-refractivity contribution in [3.8, 4) is 5.75 Å². The zero-order valence-corrected chi connectivity index (χ0v) is 12.2. The Balaban J connectivity index is 2.93. The Kier molecular flexibility index (Phi) is 4.37. The lowest BCUT2D eigenvalue weighted by molar-refractivity contribution is 0.0366. The van der Waals surface area contributed by atoms with Gasteiger partial charge in [0.1, 0.15) is 5.75 Å². The average Bonchev–Trinajstić information content (AvgIpc) is 2.18. The summed E-state index contributed by atoms with van der Waals surface area (Å²) in [5.74, 6) is -0.346. The van der Waals surface area contributed by atoms with Crippen molar-refractivity contribution < 1.29 is 15.0 Å². The number of nitrogens with zero attached hydrogens (tertiary/aromatic N) is 1. The fourth-order valence-electron chi connectivity index (χ4n) is 1.54. The Morgan fingerprint density at radius 1 is 1.47 bits per heavy atom. The molecule has 17 heavy (non-hydrogen) atoms. The number of amides is 1. The molecular formula is C12H16INO3. The second-order valence-electron chi connectivity index (χ2n) is 4.64. The normalized spacial score (nSPS) is 11.4. The van der Waals surface area contributed by atoms with Crippen LogP contribution in [0.3, 0.4) is 0 Å². The third-order valence-electron chi connectivity index (χ3n) is 2.16. The van der Waals surface area contributed by atoms with Crippen LogP contribution in [0.1, 0.15) is 24.2 Å². The number of aliphatic hydroxyl groups is 1. The first-order chi connectivity index (χ1) is 7.70. The number of carbonyl (C=O) groups is 1. The third kappa shape index (κ3) is 4.16. The molecule has 0 fully saturated rings. The van der Waals surface area contributed by atoms with Crippen molar-refractivity contribution in [2.45, 2.75) is 19.4 Å². The van der Waals surface area contributed by atoms with E-state index in [4.69, 9.17) is 0 Å². The average molecular weight is 349 g/mol. The van der Waals surface area contributed by atoms with Crippen LogP contribution < -0.4 is 0 Å². The van der Waals surface area contributed by atoms with Crippen molar-refractivity contribution in [1.29, 1.82) is 0 Å². The predicted octanol–water partition coefficient (Wildman–Crippen LogP) is 1.84. The molecule has 5 heteroatoms. The van der Waals surface area contributed by atoms with Crippen molar-refractivity contribution >= 4 is 28.5 Å². The molecule has 1 amide bonds. The predicted molar refractivity (Wildman–Crippen MR) is 74.1 cm³/mol. The summed E-state index contributed by atoms with van der Waals surface area (Å²) in [5, 5.41) is 19.3. The Hall–Kier alpha value is -0.820. The highest BCUT2D eigenvalue weighted by Crippen LogP contribution is 2.21. The monoisotopic (exact) mass is 349 g/mol. The van der Waals surface area contributed by atoms with E-state index in [2.05, 4.69) is 22.6 Å². The molecule has 0 saturated heterocycles. The minimum Gasteiger partial charge on any atom is -0.507 e. The molecule has 0 spiro atoms. The van der Waals surface area contributed by atoms with E-state index < -0.39 is 5.60 Å². The Bertz CT molecular complexity index is 426. The molecule has 0 aliphatic heterocycles. The van der Waals surface area contributed by atoms with Crippen LogP contribution in [0.15, 0.2) is 18.2 Å². The van der Waals surface area contributed by atoms with Crippen LogP contribution in [0, 0.1) is 3.57 Å². The molecule has 1 rings (SSSR count). The first kappa shape index (κ1) is 14.2. The van der Waals surface area contributed by atoms with E-state index in [1.807, 2.05) is 0 Å². The van der Waals surface area contributed by atoms with Gasteiger partial charge in [0.05, 0.1) is 11.2 Å². The maximum absolute atomic E-state index is 12.0. The number of phenolic OH excluding ortho intramolecular Hbond substituents is 1. The van der Waals surface area contributed by atoms with Gasteiger partial charge in [-0.3, -0.25) is 4.79 Å². The largest absolute Gasteiger partial charge is 0.507 e. The quantitative estimate of drug-likeness (QED) is 0.819. The van der Waals surface area contributed by atoms with Gasteiger partial charge in [0.15, 0.2) is 0 Å². The van der Waals surface area contributed by atoms with E-state index in [0.717, 1.165) is 3.57 Å². The molecule has 0 saturated carbocycles. The van der Waals surface area contributed by atoms with Gasteiger partial charge in [0.25, 0.3) is 5.91 Å². The summed E-state index contributed by atoms with van der Waals surface area (Å²) in [6.07, 6.45) is 0. The SMILES string of the molecule is CN(CC(C)(C)O)C(=O)c1cc(I)ccc1O. The second-order valence-corrected chi connectivity index (χ2v) is 5.88. The number of hydrogen-bond acceptors (Lipinski definition) is 3. The number of carbonyl (C=O) groups excluding carboxylic acids is 1. The smallest absolute Gasteiger partial charge is 0.257 e. The van der Waals surface area contributed by atoms with E-state index >= 15 is 0 Å². The Labute approximate surface area is 114 Å². The van der Waals surface area contributed by atoms with Crippen LogP contribution in [0.4, 0.5) is 0 Å². The van der Waals surface area contributed by atoms with Gasteiger partial charge >= 0.3 is 0 Å². The highest BCUT2D eigenvalue weighted by molar-refractivity contribution is 14.1. The van der Waals surface area contributed by atoms with Gasteiger partial charge in [-0.25, -0.2) is 0 Å². The Morgan fingerprint density at radius 2 is 2.06 bits per heavy atom. The highest BCUT2D eigenvalue weighted by Gasteiger charge is 2.22. The number of benzene rings is 1. The summed E-state index contributed by atoms with van der Waals surface area (Å²) < 4.78 is 0.875. The molecule has 0 aliphatic carbocycles.